The molecular weight excluding hydrogens is 244 g/mol. The molecule has 2 atom stereocenters. The number of rotatable bonds is 1. The van der Waals surface area contributed by atoms with Crippen LogP contribution in [0.4, 0.5) is 0 Å². The molecule has 0 saturated carbocycles. The molecule has 0 radical (unpaired) electrons. The van der Waals surface area contributed by atoms with Gasteiger partial charge in [-0.1, -0.05) is 30.4 Å². The van der Waals surface area contributed by atoms with Gasteiger partial charge in [-0.05, 0) is 18.2 Å². The minimum absolute atomic E-state index is 0.312. The first-order valence-electron chi connectivity index (χ1n) is 5.86. The Kier molecular flexibility index (Phi) is 2.41. The van der Waals surface area contributed by atoms with E-state index in [1.54, 1.807) is 36.4 Å². The van der Waals surface area contributed by atoms with E-state index in [0.29, 0.717) is 11.1 Å². The third-order valence-electron chi connectivity index (χ3n) is 3.42. The molecular formula is C14H12N2O3. The highest BCUT2D eigenvalue weighted by molar-refractivity contribution is 6.22. The van der Waals surface area contributed by atoms with E-state index >= 15 is 0 Å². The molecule has 2 unspecified atom stereocenters. The predicted octanol–water partition coefficient (Wildman–Crippen LogP) is 0.424. The Morgan fingerprint density at radius 2 is 1.68 bits per heavy atom. The number of nitrogens with two attached hydrogens (primary N) is 1. The monoisotopic (exact) mass is 256 g/mol. The normalized spacial score (nSPS) is 28.9. The first-order valence-corrected chi connectivity index (χ1v) is 5.86. The summed E-state index contributed by atoms with van der Waals surface area (Å²) in [5, 5.41) is 9.99. The molecule has 5 heteroatoms. The Morgan fingerprint density at radius 1 is 1.11 bits per heavy atom. The third-order valence-corrected chi connectivity index (χ3v) is 3.42. The van der Waals surface area contributed by atoms with Gasteiger partial charge in [-0.2, -0.15) is 0 Å². The van der Waals surface area contributed by atoms with Crippen molar-refractivity contribution in [3.8, 4) is 0 Å². The minimum Gasteiger partial charge on any atom is -0.385 e. The number of imide groups is 1. The van der Waals surface area contributed by atoms with E-state index in [9.17, 15) is 14.7 Å². The van der Waals surface area contributed by atoms with Crippen LogP contribution in [-0.4, -0.2) is 33.6 Å². The Morgan fingerprint density at radius 3 is 2.21 bits per heavy atom. The second-order valence-corrected chi connectivity index (χ2v) is 4.57. The number of amides is 2. The first-order chi connectivity index (χ1) is 9.05. The molecule has 5 nitrogen and oxygen atoms in total. The molecule has 0 fully saturated rings. The topological polar surface area (TPSA) is 83.6 Å². The molecule has 1 aliphatic heterocycles. The van der Waals surface area contributed by atoms with Crippen molar-refractivity contribution in [3.05, 3.63) is 59.7 Å². The van der Waals surface area contributed by atoms with Crippen LogP contribution in [0.2, 0.25) is 0 Å². The SMILES string of the molecule is NC1(N2C(=O)c3ccccc3C2=O)C=CC=CC1O. The fourth-order valence-electron chi connectivity index (χ4n) is 2.38. The number of carbonyl (C=O) groups excluding carboxylic acids is 2. The molecule has 0 saturated heterocycles. The molecule has 1 aliphatic carbocycles. The van der Waals surface area contributed by atoms with Crippen LogP contribution < -0.4 is 5.73 Å². The maximum atomic E-state index is 12.3. The van der Waals surface area contributed by atoms with E-state index in [4.69, 9.17) is 5.73 Å². The van der Waals surface area contributed by atoms with Gasteiger partial charge in [-0.25, -0.2) is 4.90 Å². The maximum absolute atomic E-state index is 12.3. The van der Waals surface area contributed by atoms with Crippen molar-refractivity contribution in [2.75, 3.05) is 0 Å². The van der Waals surface area contributed by atoms with Crippen molar-refractivity contribution in [1.82, 2.24) is 4.90 Å². The van der Waals surface area contributed by atoms with Crippen LogP contribution in [0.15, 0.2) is 48.6 Å². The lowest BCUT2D eigenvalue weighted by Crippen LogP contribution is -2.64. The number of carbonyl (C=O) groups is 2. The highest BCUT2D eigenvalue weighted by atomic mass is 16.3. The Labute approximate surface area is 109 Å². The second-order valence-electron chi connectivity index (χ2n) is 4.57. The maximum Gasteiger partial charge on any atom is 0.263 e. The molecule has 2 aliphatic rings. The summed E-state index contributed by atoms with van der Waals surface area (Å²) < 4.78 is 0. The second kappa shape index (κ2) is 3.88. The summed E-state index contributed by atoms with van der Waals surface area (Å²) in [6.45, 7) is 0. The van der Waals surface area contributed by atoms with Crippen molar-refractivity contribution in [2.24, 2.45) is 5.73 Å². The van der Waals surface area contributed by atoms with Crippen molar-refractivity contribution >= 4 is 11.8 Å². The van der Waals surface area contributed by atoms with Gasteiger partial charge in [0.05, 0.1) is 11.1 Å². The smallest absolute Gasteiger partial charge is 0.263 e. The predicted molar refractivity (Wildman–Crippen MR) is 68.1 cm³/mol. The van der Waals surface area contributed by atoms with E-state index in [-0.39, 0.29) is 0 Å². The average molecular weight is 256 g/mol. The largest absolute Gasteiger partial charge is 0.385 e. The molecule has 3 rings (SSSR count). The molecule has 0 bridgehead atoms. The number of aliphatic hydroxyl groups excluding tert-OH is 1. The van der Waals surface area contributed by atoms with Crippen molar-refractivity contribution in [1.29, 1.82) is 0 Å². The number of allylic oxidation sites excluding steroid dienone is 2. The summed E-state index contributed by atoms with van der Waals surface area (Å²) in [5.74, 6) is -0.968. The average Bonchev–Trinajstić information content (AvgIpc) is 2.67. The summed E-state index contributed by atoms with van der Waals surface area (Å²) in [6.07, 6.45) is 5.01. The molecule has 19 heavy (non-hydrogen) atoms. The van der Waals surface area contributed by atoms with E-state index < -0.39 is 23.6 Å². The van der Waals surface area contributed by atoms with Gasteiger partial charge in [0.15, 0.2) is 0 Å². The fraction of sp³-hybridized carbons (Fsp3) is 0.143. The Hall–Kier alpha value is -2.24. The van der Waals surface area contributed by atoms with Gasteiger partial charge in [-0.3, -0.25) is 9.59 Å². The van der Waals surface area contributed by atoms with Gasteiger partial charge in [-0.15, -0.1) is 0 Å². The Bertz CT molecular complexity index is 600. The fourth-order valence-corrected chi connectivity index (χ4v) is 2.38. The van der Waals surface area contributed by atoms with Crippen LogP contribution in [0.3, 0.4) is 0 Å². The molecule has 2 amide bonds. The van der Waals surface area contributed by atoms with Gasteiger partial charge in [0.25, 0.3) is 11.8 Å². The number of hydrogen-bond acceptors (Lipinski definition) is 4. The lowest BCUT2D eigenvalue weighted by atomic mass is 9.96. The number of aliphatic hydroxyl groups is 1. The minimum atomic E-state index is -1.54. The van der Waals surface area contributed by atoms with Gasteiger partial charge in [0, 0.05) is 0 Å². The van der Waals surface area contributed by atoms with Crippen LogP contribution >= 0.6 is 0 Å². The van der Waals surface area contributed by atoms with Gasteiger partial charge >= 0.3 is 0 Å². The van der Waals surface area contributed by atoms with Crippen LogP contribution in [0.1, 0.15) is 20.7 Å². The van der Waals surface area contributed by atoms with Crippen LogP contribution in [0, 0.1) is 0 Å². The lowest BCUT2D eigenvalue weighted by Gasteiger charge is -2.38. The highest BCUT2D eigenvalue weighted by Crippen LogP contribution is 2.31. The molecule has 0 spiro atoms. The summed E-state index contributed by atoms with van der Waals surface area (Å²) in [7, 11) is 0. The summed E-state index contributed by atoms with van der Waals surface area (Å²) >= 11 is 0. The van der Waals surface area contributed by atoms with Gasteiger partial charge < -0.3 is 10.8 Å². The van der Waals surface area contributed by atoms with E-state index in [1.807, 2.05) is 0 Å². The number of hydrogen-bond donors (Lipinski definition) is 2. The summed E-state index contributed by atoms with van der Waals surface area (Å²) in [5.41, 5.74) is 5.15. The van der Waals surface area contributed by atoms with Crippen LogP contribution in [0.25, 0.3) is 0 Å². The number of benzene rings is 1. The molecule has 96 valence electrons. The van der Waals surface area contributed by atoms with Crippen molar-refractivity contribution < 1.29 is 14.7 Å². The standard InChI is InChI=1S/C14H12N2O3/c15-14(8-4-3-7-11(14)17)16-12(18)9-5-1-2-6-10(9)13(16)19/h1-8,11,17H,15H2. The van der Waals surface area contributed by atoms with Crippen LogP contribution in [0.5, 0.6) is 0 Å². The van der Waals surface area contributed by atoms with E-state index in [1.165, 1.54) is 12.2 Å². The van der Waals surface area contributed by atoms with Gasteiger partial charge in [0.1, 0.15) is 11.8 Å². The molecule has 0 aromatic heterocycles. The molecule has 1 aromatic rings. The van der Waals surface area contributed by atoms with Crippen molar-refractivity contribution in [3.63, 3.8) is 0 Å². The highest BCUT2D eigenvalue weighted by Gasteiger charge is 2.49. The zero-order valence-corrected chi connectivity index (χ0v) is 9.98. The zero-order chi connectivity index (χ0) is 13.6. The quantitative estimate of drug-likeness (QED) is 0.713. The number of nitrogens with zero attached hydrogens (tertiary/aromatic N) is 1. The molecule has 3 N–H and O–H groups in total. The summed E-state index contributed by atoms with van der Waals surface area (Å²) in [4.78, 5) is 25.5. The summed E-state index contributed by atoms with van der Waals surface area (Å²) in [6, 6.07) is 6.52. The number of fused-ring (bicyclic) bond motifs is 1. The van der Waals surface area contributed by atoms with E-state index in [2.05, 4.69) is 0 Å². The van der Waals surface area contributed by atoms with E-state index in [0.717, 1.165) is 4.90 Å². The van der Waals surface area contributed by atoms with Crippen molar-refractivity contribution in [2.45, 2.75) is 11.8 Å². The van der Waals surface area contributed by atoms with Gasteiger partial charge in [0.2, 0.25) is 0 Å². The first kappa shape index (κ1) is 11.8. The lowest BCUT2D eigenvalue weighted by molar-refractivity contribution is 0.0240. The molecule has 1 aromatic carbocycles. The zero-order valence-electron chi connectivity index (χ0n) is 9.98. The van der Waals surface area contributed by atoms with Crippen LogP contribution in [-0.2, 0) is 0 Å². The Balaban J connectivity index is 2.10. The third kappa shape index (κ3) is 1.49. The molecule has 1 heterocycles.